The van der Waals surface area contributed by atoms with Gasteiger partial charge in [0.25, 0.3) is 10.1 Å². The number of aliphatic hydroxyl groups is 2. The number of hydrogen-bond acceptors (Lipinski definition) is 4. The van der Waals surface area contributed by atoms with Crippen LogP contribution >= 0.6 is 0 Å². The monoisotopic (exact) mass is 155 g/mol. The molecule has 1 atom stereocenters. The minimum Gasteiger partial charge on any atom is -0.392 e. The summed E-state index contributed by atoms with van der Waals surface area (Å²) in [7, 11) is -4.66. The minimum absolute atomic E-state index is 1.13. The average Bonchev–Trinajstić information content (AvgIpc) is 1.64. The van der Waals surface area contributed by atoms with Crippen molar-refractivity contribution in [2.45, 2.75) is 4.93 Å². The van der Waals surface area contributed by atoms with Crippen molar-refractivity contribution in [1.82, 2.24) is 0 Å². The highest BCUT2D eigenvalue weighted by Crippen LogP contribution is 2.08. The van der Waals surface area contributed by atoms with Crippen molar-refractivity contribution in [3.8, 4) is 0 Å². The molecule has 55 valence electrons. The predicted octanol–water partition coefficient (Wildman–Crippen LogP) is -1.61. The Balaban J connectivity index is 4.56. The Kier molecular flexibility index (Phi) is 2.18. The van der Waals surface area contributed by atoms with Crippen LogP contribution in [-0.2, 0) is 10.1 Å². The van der Waals surface area contributed by atoms with E-state index in [-0.39, 0.29) is 0 Å². The summed E-state index contributed by atoms with van der Waals surface area (Å²) in [4.78, 5) is -2.69. The third kappa shape index (κ3) is 1.90. The summed E-state index contributed by atoms with van der Waals surface area (Å²) in [6.07, 6.45) is 0. The third-order valence-electron chi connectivity index (χ3n) is 0.727. The van der Waals surface area contributed by atoms with Gasteiger partial charge >= 0.3 is 0 Å². The first-order valence-electron chi connectivity index (χ1n) is 1.97. The summed E-state index contributed by atoms with van der Waals surface area (Å²) in [5, 5.41) is 16.5. The molecule has 0 saturated heterocycles. The molecule has 0 fully saturated rings. The van der Waals surface area contributed by atoms with Crippen LogP contribution in [0.2, 0.25) is 0 Å². The molecule has 1 radical (unpaired) electrons. The quantitative estimate of drug-likeness (QED) is 0.417. The van der Waals surface area contributed by atoms with Crippen molar-refractivity contribution in [2.75, 3.05) is 6.61 Å². The minimum atomic E-state index is -4.66. The van der Waals surface area contributed by atoms with Gasteiger partial charge in [0.15, 0.2) is 0 Å². The van der Waals surface area contributed by atoms with E-state index in [1.807, 2.05) is 0 Å². The normalized spacial score (nSPS) is 19.1. The van der Waals surface area contributed by atoms with Gasteiger partial charge in [0.05, 0.1) is 6.61 Å². The van der Waals surface area contributed by atoms with Gasteiger partial charge < -0.3 is 10.2 Å². The Morgan fingerprint density at radius 1 is 1.56 bits per heavy atom. The van der Waals surface area contributed by atoms with Gasteiger partial charge in [-0.2, -0.15) is 8.42 Å². The van der Waals surface area contributed by atoms with Gasteiger partial charge in [0, 0.05) is 0 Å². The van der Waals surface area contributed by atoms with E-state index in [1.165, 1.54) is 0 Å². The first-order chi connectivity index (χ1) is 3.81. The van der Waals surface area contributed by atoms with E-state index in [1.54, 1.807) is 0 Å². The summed E-state index contributed by atoms with van der Waals surface area (Å²) >= 11 is 0. The maximum atomic E-state index is 9.97. The van der Waals surface area contributed by atoms with Crippen molar-refractivity contribution in [2.24, 2.45) is 0 Å². The zero-order chi connectivity index (χ0) is 7.71. The van der Waals surface area contributed by atoms with E-state index >= 15 is 0 Å². The van der Waals surface area contributed by atoms with Gasteiger partial charge in [-0.3, -0.25) is 4.55 Å². The molecule has 0 amide bonds. The van der Waals surface area contributed by atoms with Gasteiger partial charge in [-0.15, -0.1) is 0 Å². The summed E-state index contributed by atoms with van der Waals surface area (Å²) in [6.45, 7) is 1.49. The van der Waals surface area contributed by atoms with Crippen LogP contribution in [0.3, 0.4) is 0 Å². The number of aliphatic hydroxyl groups excluding tert-OH is 1. The summed E-state index contributed by atoms with van der Waals surface area (Å²) < 4.78 is 28.0. The SMILES string of the molecule is [CH2]C(O)(CO)S(=O)(=O)O. The lowest BCUT2D eigenvalue weighted by molar-refractivity contribution is 0.0838. The van der Waals surface area contributed by atoms with Crippen LogP contribution in [-0.4, -0.2) is 34.7 Å². The van der Waals surface area contributed by atoms with E-state index in [0.717, 1.165) is 0 Å². The lowest BCUT2D eigenvalue weighted by Gasteiger charge is -2.14. The molecule has 0 heterocycles. The van der Waals surface area contributed by atoms with Crippen LogP contribution in [0.5, 0.6) is 0 Å². The standard InChI is InChI=1S/C3H7O5S/c1-3(5,2-4)9(6,7)8/h4-5H,1-2H2,(H,6,7,8). The first-order valence-corrected chi connectivity index (χ1v) is 3.41. The third-order valence-corrected chi connectivity index (χ3v) is 1.82. The van der Waals surface area contributed by atoms with Gasteiger partial charge in [-0.1, -0.05) is 0 Å². The summed E-state index contributed by atoms with van der Waals surface area (Å²) in [5.41, 5.74) is 0. The van der Waals surface area contributed by atoms with Crippen LogP contribution in [0.1, 0.15) is 0 Å². The van der Waals surface area contributed by atoms with E-state index < -0.39 is 21.7 Å². The summed E-state index contributed by atoms with van der Waals surface area (Å²) in [5.74, 6) is 0. The Bertz CT molecular complexity index is 178. The van der Waals surface area contributed by atoms with Gasteiger partial charge in [-0.25, -0.2) is 0 Å². The van der Waals surface area contributed by atoms with Crippen LogP contribution in [0.15, 0.2) is 0 Å². The average molecular weight is 155 g/mol. The second kappa shape index (κ2) is 2.22. The highest BCUT2D eigenvalue weighted by Gasteiger charge is 2.34. The Hall–Kier alpha value is -0.170. The fourth-order valence-corrected chi connectivity index (χ4v) is 0.245. The molecule has 0 aliphatic heterocycles. The second-order valence-electron chi connectivity index (χ2n) is 1.58. The molecule has 5 nitrogen and oxygen atoms in total. The molecule has 0 saturated carbocycles. The Labute approximate surface area is 52.7 Å². The maximum Gasteiger partial charge on any atom is 0.297 e. The highest BCUT2D eigenvalue weighted by atomic mass is 32.2. The second-order valence-corrected chi connectivity index (χ2v) is 3.29. The van der Waals surface area contributed by atoms with Gasteiger partial charge in [-0.05, 0) is 6.92 Å². The lowest BCUT2D eigenvalue weighted by Crippen LogP contribution is -2.38. The summed E-state index contributed by atoms with van der Waals surface area (Å²) in [6, 6.07) is 0. The molecule has 1 unspecified atom stereocenters. The van der Waals surface area contributed by atoms with Crippen molar-refractivity contribution >= 4 is 10.1 Å². The molecule has 0 spiro atoms. The van der Waals surface area contributed by atoms with E-state index in [9.17, 15) is 8.42 Å². The van der Waals surface area contributed by atoms with Crippen LogP contribution < -0.4 is 0 Å². The molecule has 3 N–H and O–H groups in total. The molecule has 0 aromatic heterocycles. The molecular weight excluding hydrogens is 148 g/mol. The van der Waals surface area contributed by atoms with E-state index in [2.05, 4.69) is 6.92 Å². The molecule has 0 rings (SSSR count). The van der Waals surface area contributed by atoms with Crippen molar-refractivity contribution < 1.29 is 23.2 Å². The lowest BCUT2D eigenvalue weighted by atomic mass is 10.4. The molecule has 6 heteroatoms. The fraction of sp³-hybridized carbons (Fsp3) is 0.667. The largest absolute Gasteiger partial charge is 0.392 e. The smallest absolute Gasteiger partial charge is 0.297 e. The molecule has 0 aliphatic carbocycles. The van der Waals surface area contributed by atoms with Crippen molar-refractivity contribution in [1.29, 1.82) is 0 Å². The van der Waals surface area contributed by atoms with Crippen LogP contribution in [0.25, 0.3) is 0 Å². The topological polar surface area (TPSA) is 94.8 Å². The zero-order valence-electron chi connectivity index (χ0n) is 4.48. The number of rotatable bonds is 2. The molecule has 0 aromatic rings. The molecule has 0 aromatic carbocycles. The van der Waals surface area contributed by atoms with E-state index in [0.29, 0.717) is 0 Å². The van der Waals surface area contributed by atoms with E-state index in [4.69, 9.17) is 14.8 Å². The zero-order valence-corrected chi connectivity index (χ0v) is 5.30. The Morgan fingerprint density at radius 2 is 1.89 bits per heavy atom. The van der Waals surface area contributed by atoms with Crippen LogP contribution in [0.4, 0.5) is 0 Å². The predicted molar refractivity (Wildman–Crippen MR) is 28.9 cm³/mol. The molecule has 0 aliphatic rings. The molecule has 0 bridgehead atoms. The number of hydrogen-bond donors (Lipinski definition) is 3. The van der Waals surface area contributed by atoms with Crippen molar-refractivity contribution in [3.05, 3.63) is 6.92 Å². The highest BCUT2D eigenvalue weighted by molar-refractivity contribution is 7.87. The van der Waals surface area contributed by atoms with Crippen molar-refractivity contribution in [3.63, 3.8) is 0 Å². The Morgan fingerprint density at radius 3 is 1.89 bits per heavy atom. The first kappa shape index (κ1) is 8.83. The van der Waals surface area contributed by atoms with Gasteiger partial charge in [0.1, 0.15) is 0 Å². The molecular formula is C3H7O5S. The fourth-order valence-electron chi connectivity index (χ4n) is 0.0816. The molecule has 9 heavy (non-hydrogen) atoms. The maximum absolute atomic E-state index is 9.97. The van der Waals surface area contributed by atoms with Crippen LogP contribution in [0, 0.1) is 6.92 Å². The van der Waals surface area contributed by atoms with Gasteiger partial charge in [0.2, 0.25) is 4.93 Å².